The van der Waals surface area contributed by atoms with Gasteiger partial charge < -0.3 is 15.6 Å². The van der Waals surface area contributed by atoms with Crippen LogP contribution in [0.4, 0.5) is 5.69 Å². The Bertz CT molecular complexity index is 598. The average molecular weight is 331 g/mol. The number of rotatable bonds is 4. The molecule has 7 heteroatoms. The SMILES string of the molecule is Cc1ccc(N)cc1C(=O)NCCn1ccnc1C.Cl.Cl. The number of nitrogens with zero attached hydrogens (tertiary/aromatic N) is 2. The number of nitrogens with one attached hydrogen (secondary N) is 1. The number of aromatic nitrogens is 2. The molecular formula is C14H20Cl2N4O. The lowest BCUT2D eigenvalue weighted by molar-refractivity contribution is 0.0951. The quantitative estimate of drug-likeness (QED) is 0.845. The van der Waals surface area contributed by atoms with Crippen molar-refractivity contribution < 1.29 is 4.79 Å². The van der Waals surface area contributed by atoms with Crippen molar-refractivity contribution in [3.05, 3.63) is 47.5 Å². The zero-order valence-corrected chi connectivity index (χ0v) is 13.6. The first-order valence-corrected chi connectivity index (χ1v) is 6.20. The molecule has 0 aliphatic rings. The number of carbonyl (C=O) groups is 1. The van der Waals surface area contributed by atoms with Crippen LogP contribution in [0.15, 0.2) is 30.6 Å². The second-order valence-electron chi connectivity index (χ2n) is 4.50. The molecule has 0 saturated heterocycles. The van der Waals surface area contributed by atoms with E-state index in [-0.39, 0.29) is 30.7 Å². The van der Waals surface area contributed by atoms with Crippen LogP contribution in [0.2, 0.25) is 0 Å². The van der Waals surface area contributed by atoms with E-state index in [9.17, 15) is 4.79 Å². The molecule has 2 aromatic rings. The highest BCUT2D eigenvalue weighted by atomic mass is 35.5. The van der Waals surface area contributed by atoms with Gasteiger partial charge in [0, 0.05) is 36.7 Å². The van der Waals surface area contributed by atoms with Crippen LogP contribution in [0, 0.1) is 13.8 Å². The maximum atomic E-state index is 12.0. The number of nitrogen functional groups attached to an aromatic ring is 1. The summed E-state index contributed by atoms with van der Waals surface area (Å²) in [7, 11) is 0. The van der Waals surface area contributed by atoms with Crippen LogP contribution in [0.5, 0.6) is 0 Å². The minimum Gasteiger partial charge on any atom is -0.399 e. The topological polar surface area (TPSA) is 72.9 Å². The van der Waals surface area contributed by atoms with Gasteiger partial charge in [-0.25, -0.2) is 4.98 Å². The predicted molar refractivity (Wildman–Crippen MR) is 89.4 cm³/mol. The van der Waals surface area contributed by atoms with Gasteiger partial charge in [-0.05, 0) is 31.5 Å². The Morgan fingerprint density at radius 3 is 2.67 bits per heavy atom. The Hall–Kier alpha value is -1.72. The maximum Gasteiger partial charge on any atom is 0.251 e. The van der Waals surface area contributed by atoms with Crippen molar-refractivity contribution in [3.63, 3.8) is 0 Å². The van der Waals surface area contributed by atoms with Crippen LogP contribution in [-0.4, -0.2) is 22.0 Å². The van der Waals surface area contributed by atoms with Crippen LogP contribution >= 0.6 is 24.8 Å². The summed E-state index contributed by atoms with van der Waals surface area (Å²) in [6.45, 7) is 5.10. The molecule has 116 valence electrons. The molecule has 0 spiro atoms. The van der Waals surface area contributed by atoms with Crippen molar-refractivity contribution >= 4 is 36.4 Å². The number of hydrogen-bond acceptors (Lipinski definition) is 3. The van der Waals surface area contributed by atoms with Crippen LogP contribution in [0.3, 0.4) is 0 Å². The van der Waals surface area contributed by atoms with Gasteiger partial charge in [0.15, 0.2) is 0 Å². The van der Waals surface area contributed by atoms with Gasteiger partial charge in [-0.2, -0.15) is 0 Å². The molecule has 0 bridgehead atoms. The third-order valence-electron chi connectivity index (χ3n) is 3.07. The molecule has 1 aromatic heterocycles. The molecule has 1 aromatic carbocycles. The van der Waals surface area contributed by atoms with E-state index in [1.54, 1.807) is 18.3 Å². The van der Waals surface area contributed by atoms with Crippen LogP contribution < -0.4 is 11.1 Å². The lowest BCUT2D eigenvalue weighted by atomic mass is 10.1. The molecule has 1 amide bonds. The lowest BCUT2D eigenvalue weighted by Crippen LogP contribution is -2.28. The molecule has 0 fully saturated rings. The highest BCUT2D eigenvalue weighted by Crippen LogP contribution is 2.12. The number of imidazole rings is 1. The Morgan fingerprint density at radius 2 is 2.05 bits per heavy atom. The minimum atomic E-state index is -0.0948. The molecule has 1 heterocycles. The summed E-state index contributed by atoms with van der Waals surface area (Å²) in [5.74, 6) is 0.844. The molecule has 0 aliphatic carbocycles. The molecule has 5 nitrogen and oxygen atoms in total. The number of anilines is 1. The van der Waals surface area contributed by atoms with Crippen LogP contribution in [0.1, 0.15) is 21.7 Å². The summed E-state index contributed by atoms with van der Waals surface area (Å²) in [5, 5.41) is 2.89. The first-order chi connectivity index (χ1) is 9.08. The Kier molecular flexibility index (Phi) is 7.84. The Labute approximate surface area is 136 Å². The van der Waals surface area contributed by atoms with Gasteiger partial charge in [0.1, 0.15) is 5.82 Å². The van der Waals surface area contributed by atoms with E-state index in [4.69, 9.17) is 5.73 Å². The summed E-state index contributed by atoms with van der Waals surface area (Å²) in [6, 6.07) is 5.35. The summed E-state index contributed by atoms with van der Waals surface area (Å²) >= 11 is 0. The molecule has 2 rings (SSSR count). The van der Waals surface area contributed by atoms with E-state index in [2.05, 4.69) is 10.3 Å². The van der Waals surface area contributed by atoms with E-state index in [1.165, 1.54) is 0 Å². The maximum absolute atomic E-state index is 12.0. The van der Waals surface area contributed by atoms with Gasteiger partial charge in [-0.15, -0.1) is 24.8 Å². The first kappa shape index (κ1) is 19.3. The normalized spacial score (nSPS) is 9.43. The van der Waals surface area contributed by atoms with E-state index in [1.807, 2.05) is 30.7 Å². The van der Waals surface area contributed by atoms with Gasteiger partial charge in [0.25, 0.3) is 5.91 Å². The highest BCUT2D eigenvalue weighted by molar-refractivity contribution is 5.96. The van der Waals surface area contributed by atoms with E-state index < -0.39 is 0 Å². The number of halogens is 2. The molecule has 0 unspecified atom stereocenters. The zero-order chi connectivity index (χ0) is 13.8. The van der Waals surface area contributed by atoms with Crippen molar-refractivity contribution in [3.8, 4) is 0 Å². The molecule has 21 heavy (non-hydrogen) atoms. The number of amides is 1. The van der Waals surface area contributed by atoms with Gasteiger partial charge in [-0.3, -0.25) is 4.79 Å². The molecule has 0 atom stereocenters. The van der Waals surface area contributed by atoms with E-state index in [0.717, 1.165) is 11.4 Å². The molecule has 3 N–H and O–H groups in total. The fourth-order valence-electron chi connectivity index (χ4n) is 1.91. The second-order valence-corrected chi connectivity index (χ2v) is 4.50. The van der Waals surface area contributed by atoms with Crippen molar-refractivity contribution in [2.75, 3.05) is 12.3 Å². The minimum absolute atomic E-state index is 0. The monoisotopic (exact) mass is 330 g/mol. The average Bonchev–Trinajstić information content (AvgIpc) is 2.78. The molecule has 0 saturated carbocycles. The van der Waals surface area contributed by atoms with Crippen LogP contribution in [-0.2, 0) is 6.54 Å². The van der Waals surface area contributed by atoms with Crippen LogP contribution in [0.25, 0.3) is 0 Å². The summed E-state index contributed by atoms with van der Waals surface area (Å²) in [4.78, 5) is 16.2. The van der Waals surface area contributed by atoms with Gasteiger partial charge >= 0.3 is 0 Å². The Balaban J connectivity index is 0.00000200. The summed E-state index contributed by atoms with van der Waals surface area (Å²) in [6.07, 6.45) is 3.65. The molecule has 0 aliphatic heterocycles. The first-order valence-electron chi connectivity index (χ1n) is 6.20. The fourth-order valence-corrected chi connectivity index (χ4v) is 1.91. The standard InChI is InChI=1S/C14H18N4O.2ClH/c1-10-3-4-12(15)9-13(10)14(19)17-6-8-18-7-5-16-11(18)2;;/h3-5,7,9H,6,8,15H2,1-2H3,(H,17,19);2*1H. The smallest absolute Gasteiger partial charge is 0.251 e. The molecular weight excluding hydrogens is 311 g/mol. The number of nitrogens with two attached hydrogens (primary N) is 1. The van der Waals surface area contributed by atoms with Crippen molar-refractivity contribution in [2.45, 2.75) is 20.4 Å². The second kappa shape index (κ2) is 8.54. The number of benzene rings is 1. The van der Waals surface area contributed by atoms with E-state index in [0.29, 0.717) is 24.3 Å². The van der Waals surface area contributed by atoms with E-state index >= 15 is 0 Å². The third kappa shape index (κ3) is 4.95. The van der Waals surface area contributed by atoms with Crippen molar-refractivity contribution in [1.82, 2.24) is 14.9 Å². The van der Waals surface area contributed by atoms with Crippen molar-refractivity contribution in [1.29, 1.82) is 0 Å². The largest absolute Gasteiger partial charge is 0.399 e. The summed E-state index contributed by atoms with van der Waals surface area (Å²) < 4.78 is 1.99. The number of aryl methyl sites for hydroxylation is 2. The van der Waals surface area contributed by atoms with Gasteiger partial charge in [0.05, 0.1) is 0 Å². The zero-order valence-electron chi connectivity index (χ0n) is 12.0. The lowest BCUT2D eigenvalue weighted by Gasteiger charge is -2.09. The number of carbonyl (C=O) groups excluding carboxylic acids is 1. The highest BCUT2D eigenvalue weighted by Gasteiger charge is 2.08. The van der Waals surface area contributed by atoms with Gasteiger partial charge in [0.2, 0.25) is 0 Å². The van der Waals surface area contributed by atoms with Gasteiger partial charge in [-0.1, -0.05) is 6.07 Å². The molecule has 0 radical (unpaired) electrons. The van der Waals surface area contributed by atoms with Crippen molar-refractivity contribution in [2.24, 2.45) is 0 Å². The number of hydrogen-bond donors (Lipinski definition) is 2. The summed E-state index contributed by atoms with van der Waals surface area (Å²) in [5.41, 5.74) is 7.85. The Morgan fingerprint density at radius 1 is 1.33 bits per heavy atom. The third-order valence-corrected chi connectivity index (χ3v) is 3.07. The fraction of sp³-hybridized carbons (Fsp3) is 0.286. The predicted octanol–water partition coefficient (Wildman–Crippen LogP) is 2.36.